The number of fused-ring (bicyclic) bond motifs is 2. The molecule has 7 atom stereocenters. The van der Waals surface area contributed by atoms with Gasteiger partial charge in [-0.2, -0.15) is 0 Å². The first-order valence-corrected chi connectivity index (χ1v) is 24.0. The lowest BCUT2D eigenvalue weighted by Gasteiger charge is -2.39. The minimum atomic E-state index is -1.45. The van der Waals surface area contributed by atoms with Crippen molar-refractivity contribution in [3.05, 3.63) is 71.8 Å². The van der Waals surface area contributed by atoms with Gasteiger partial charge in [0, 0.05) is 40.5 Å². The number of cyclic esters (lactones) is 3. The summed E-state index contributed by atoms with van der Waals surface area (Å²) >= 11 is 0. The summed E-state index contributed by atoms with van der Waals surface area (Å²) in [5.41, 5.74) is 1.33. The number of hydrogen-bond acceptors (Lipinski definition) is 12. The molecule has 3 unspecified atom stereocenters. The summed E-state index contributed by atoms with van der Waals surface area (Å²) in [7, 11) is 4.21. The molecule has 0 N–H and O–H groups in total. The van der Waals surface area contributed by atoms with E-state index in [-0.39, 0.29) is 75.2 Å². The van der Waals surface area contributed by atoms with Gasteiger partial charge in [-0.25, -0.2) is 19.2 Å². The van der Waals surface area contributed by atoms with Crippen LogP contribution in [0.1, 0.15) is 105 Å². The van der Waals surface area contributed by atoms with Crippen molar-refractivity contribution >= 4 is 47.5 Å². The van der Waals surface area contributed by atoms with E-state index in [1.54, 1.807) is 60.7 Å². The predicted molar refractivity (Wildman–Crippen MR) is 253 cm³/mol. The Bertz CT molecular complexity index is 2040. The number of benzene rings is 2. The molecule has 2 heterocycles. The van der Waals surface area contributed by atoms with Gasteiger partial charge in [-0.15, -0.1) is 0 Å². The average molecular weight is 947 g/mol. The first-order chi connectivity index (χ1) is 32.1. The average Bonchev–Trinajstić information content (AvgIpc) is 3.29. The molecule has 16 nitrogen and oxygen atoms in total. The molecule has 0 spiro atoms. The van der Waals surface area contributed by atoms with Crippen molar-refractivity contribution in [1.29, 1.82) is 0 Å². The normalized spacial score (nSPS) is 24.9. The van der Waals surface area contributed by atoms with Crippen LogP contribution in [0.15, 0.2) is 60.7 Å². The van der Waals surface area contributed by atoms with Gasteiger partial charge in [0.2, 0.25) is 0 Å². The maximum absolute atomic E-state index is 14.7. The highest BCUT2D eigenvalue weighted by Crippen LogP contribution is 2.26. The Morgan fingerprint density at radius 3 is 1.31 bits per heavy atom. The van der Waals surface area contributed by atoms with Gasteiger partial charge in [-0.1, -0.05) is 116 Å². The number of esters is 4. The Morgan fingerprint density at radius 1 is 0.485 bits per heavy atom. The molecular formula is C52H74N4O12. The molecule has 4 amide bonds. The van der Waals surface area contributed by atoms with Gasteiger partial charge in [-0.3, -0.25) is 19.2 Å². The van der Waals surface area contributed by atoms with Gasteiger partial charge in [0.15, 0.2) is 24.9 Å². The number of carbonyl (C=O) groups excluding carboxylic acids is 8. The van der Waals surface area contributed by atoms with E-state index in [0.29, 0.717) is 17.5 Å². The van der Waals surface area contributed by atoms with Crippen LogP contribution in [0.3, 0.4) is 0 Å². The maximum atomic E-state index is 14.7. The molecule has 0 aliphatic carbocycles. The fourth-order valence-electron chi connectivity index (χ4n) is 8.60. The van der Waals surface area contributed by atoms with Gasteiger partial charge in [-0.05, 0) is 73.3 Å². The molecule has 2 aromatic carbocycles. The molecule has 374 valence electrons. The number of amides is 4. The largest absolute Gasteiger partial charge is 0.454 e. The van der Waals surface area contributed by atoms with Gasteiger partial charge in [0.05, 0.1) is 0 Å². The number of ether oxygens (including phenoxy) is 4. The quantitative estimate of drug-likeness (QED) is 0.195. The van der Waals surface area contributed by atoms with E-state index in [4.69, 9.17) is 18.9 Å². The molecular weight excluding hydrogens is 873 g/mol. The van der Waals surface area contributed by atoms with E-state index in [1.165, 1.54) is 35.8 Å². The molecule has 4 rings (SSSR count). The summed E-state index contributed by atoms with van der Waals surface area (Å²) in [6, 6.07) is 13.0. The van der Waals surface area contributed by atoms with Crippen molar-refractivity contribution in [2.75, 3.05) is 34.3 Å². The number of carbonyl (C=O) groups is 8. The predicted octanol–water partition coefficient (Wildman–Crippen LogP) is 5.42. The Kier molecular flexibility index (Phi) is 20.6. The summed E-state index contributed by atoms with van der Waals surface area (Å²) in [5, 5.41) is 0. The Hall–Kier alpha value is -5.80. The van der Waals surface area contributed by atoms with Crippen LogP contribution < -0.4 is 0 Å². The van der Waals surface area contributed by atoms with Crippen molar-refractivity contribution in [3.8, 4) is 0 Å². The van der Waals surface area contributed by atoms with E-state index < -0.39 is 96.6 Å². The molecule has 0 aromatic heterocycles. The lowest BCUT2D eigenvalue weighted by atomic mass is 9.97. The number of hydrogen-bond donors (Lipinski definition) is 0. The minimum absolute atomic E-state index is 0.0614. The summed E-state index contributed by atoms with van der Waals surface area (Å²) in [6.45, 7) is 14.3. The highest BCUT2D eigenvalue weighted by molar-refractivity contribution is 5.94. The molecule has 2 saturated heterocycles. The van der Waals surface area contributed by atoms with Crippen molar-refractivity contribution in [2.45, 2.75) is 149 Å². The molecule has 2 aliphatic heterocycles. The fraction of sp³-hybridized carbons (Fsp3) is 0.615. The van der Waals surface area contributed by atoms with Gasteiger partial charge in [0.25, 0.3) is 23.6 Å². The fourth-order valence-corrected chi connectivity index (χ4v) is 8.60. The molecule has 16 heteroatoms. The second kappa shape index (κ2) is 25.5. The topological polar surface area (TPSA) is 186 Å². The third kappa shape index (κ3) is 15.4. The summed E-state index contributed by atoms with van der Waals surface area (Å²) < 4.78 is 23.8. The number of nitrogens with zero attached hydrogens (tertiary/aromatic N) is 4. The molecule has 2 bridgehead atoms. The van der Waals surface area contributed by atoms with Crippen LogP contribution in [-0.2, 0) is 70.1 Å². The van der Waals surface area contributed by atoms with Crippen molar-refractivity contribution in [2.24, 2.45) is 23.7 Å². The van der Waals surface area contributed by atoms with Crippen molar-refractivity contribution in [3.63, 3.8) is 0 Å². The molecule has 2 aliphatic rings. The van der Waals surface area contributed by atoms with E-state index >= 15 is 0 Å². The first-order valence-electron chi connectivity index (χ1n) is 24.0. The smallest absolute Gasteiger partial charge is 0.329 e. The summed E-state index contributed by atoms with van der Waals surface area (Å²) in [6.07, 6.45) is -3.27. The monoisotopic (exact) mass is 947 g/mol. The van der Waals surface area contributed by atoms with Gasteiger partial charge < -0.3 is 38.5 Å². The van der Waals surface area contributed by atoms with E-state index in [0.717, 1.165) is 4.90 Å². The van der Waals surface area contributed by atoms with Crippen LogP contribution in [0.5, 0.6) is 0 Å². The van der Waals surface area contributed by atoms with Crippen molar-refractivity contribution in [1.82, 2.24) is 19.6 Å². The first kappa shape index (κ1) is 54.8. The SMILES string of the molecule is CC(C)C[C@H]1C(=O)OC(Cc2ccccc2)C(=O)N(C)[C@@H](CC(C)C)C(=O)OC2CCCN(C2=O)[C@@H](CC(C)C)C(=O)OC(Cc2ccccc2)C(=O)N(C)[C@@H](CC(C)C)C(=O)OCC(=O)N1C. The number of piperidine rings is 1. The summed E-state index contributed by atoms with van der Waals surface area (Å²) in [5.74, 6) is -6.76. The lowest BCUT2D eigenvalue weighted by Crippen LogP contribution is -2.57. The van der Waals surface area contributed by atoms with Crippen molar-refractivity contribution < 1.29 is 57.3 Å². The van der Waals surface area contributed by atoms with Crippen LogP contribution >= 0.6 is 0 Å². The number of rotatable bonds is 12. The number of likely N-dealkylation sites (N-methyl/N-ethyl adjacent to an activating group) is 3. The molecule has 0 saturated carbocycles. The third-order valence-electron chi connectivity index (χ3n) is 12.4. The zero-order valence-electron chi connectivity index (χ0n) is 41.9. The Labute approximate surface area is 402 Å². The van der Waals surface area contributed by atoms with Crippen LogP contribution in [0.2, 0.25) is 0 Å². The van der Waals surface area contributed by atoms with Crippen LogP contribution in [0, 0.1) is 23.7 Å². The highest BCUT2D eigenvalue weighted by Gasteiger charge is 2.44. The molecule has 2 aromatic rings. The zero-order valence-corrected chi connectivity index (χ0v) is 41.9. The summed E-state index contributed by atoms with van der Waals surface area (Å²) in [4.78, 5) is 120. The van der Waals surface area contributed by atoms with Crippen LogP contribution in [-0.4, -0.2) is 144 Å². The molecule has 2 fully saturated rings. The van der Waals surface area contributed by atoms with E-state index in [1.807, 2.05) is 55.4 Å². The standard InChI is InChI=1S/C52H74N4O12/c1-32(2)25-38-49(61)65-31-45(57)53(9)39(26-33(3)4)50(62)67-43(29-36-19-14-12-15-20-36)47(59)55(11)40(27-34(5)6)51(63)66-42-23-18-24-56(48(42)60)41(28-35(7)8)52(64)68-44(46(58)54(38)10)30-37-21-16-13-17-22-37/h12-17,19-22,32-35,38-44H,18,23-31H2,1-11H3/t38-,39-,40-,41-,42?,43?,44?/m0/s1. The van der Waals surface area contributed by atoms with Crippen LogP contribution in [0.4, 0.5) is 0 Å². The Morgan fingerprint density at radius 2 is 0.868 bits per heavy atom. The van der Waals surface area contributed by atoms with Gasteiger partial charge >= 0.3 is 23.9 Å². The van der Waals surface area contributed by atoms with E-state index in [9.17, 15) is 38.4 Å². The molecule has 0 radical (unpaired) electrons. The second-order valence-electron chi connectivity index (χ2n) is 19.9. The minimum Gasteiger partial charge on any atom is -0.454 e. The second-order valence-corrected chi connectivity index (χ2v) is 19.9. The third-order valence-corrected chi connectivity index (χ3v) is 12.4. The highest BCUT2D eigenvalue weighted by atomic mass is 16.6. The van der Waals surface area contributed by atoms with Gasteiger partial charge in [0.1, 0.15) is 24.2 Å². The maximum Gasteiger partial charge on any atom is 0.329 e. The Balaban J connectivity index is 1.85. The van der Waals surface area contributed by atoms with Crippen LogP contribution in [0.25, 0.3) is 0 Å². The lowest BCUT2D eigenvalue weighted by molar-refractivity contribution is -0.178. The molecule has 68 heavy (non-hydrogen) atoms. The van der Waals surface area contributed by atoms with E-state index in [2.05, 4.69) is 0 Å². The zero-order chi connectivity index (χ0) is 50.4.